The van der Waals surface area contributed by atoms with Crippen LogP contribution in [0.15, 0.2) is 18.2 Å². The van der Waals surface area contributed by atoms with Gasteiger partial charge in [-0.15, -0.1) is 0 Å². The van der Waals surface area contributed by atoms with Gasteiger partial charge in [0.2, 0.25) is 0 Å². The topological polar surface area (TPSA) is 12.0 Å². The smallest absolute Gasteiger partial charge is 0.126 e. The third kappa shape index (κ3) is 3.78. The van der Waals surface area contributed by atoms with Crippen molar-refractivity contribution in [1.29, 1.82) is 0 Å². The molecule has 1 aliphatic rings. The van der Waals surface area contributed by atoms with Gasteiger partial charge in [-0.05, 0) is 49.3 Å². The van der Waals surface area contributed by atoms with Gasteiger partial charge in [0.1, 0.15) is 11.6 Å². The van der Waals surface area contributed by atoms with Gasteiger partial charge in [0.25, 0.3) is 0 Å². The van der Waals surface area contributed by atoms with Crippen LogP contribution in [0.1, 0.15) is 58.1 Å². The number of rotatable bonds is 4. The van der Waals surface area contributed by atoms with E-state index >= 15 is 0 Å². The molecule has 0 aliphatic heterocycles. The first-order valence-corrected chi connectivity index (χ1v) is 7.69. The van der Waals surface area contributed by atoms with E-state index in [1.807, 2.05) is 6.92 Å². The Bertz CT molecular complexity index is 424. The molecule has 0 heterocycles. The van der Waals surface area contributed by atoms with Crippen molar-refractivity contribution in [2.24, 2.45) is 11.8 Å². The van der Waals surface area contributed by atoms with Crippen molar-refractivity contribution in [3.8, 4) is 0 Å². The lowest BCUT2D eigenvalue weighted by molar-refractivity contribution is 0.194. The molecule has 0 aromatic heterocycles. The number of nitrogens with one attached hydrogen (secondary N) is 1. The molecule has 1 aromatic carbocycles. The minimum absolute atomic E-state index is 0.0236. The lowest BCUT2D eigenvalue weighted by Gasteiger charge is -2.37. The van der Waals surface area contributed by atoms with Crippen LogP contribution in [0, 0.1) is 23.5 Å². The summed E-state index contributed by atoms with van der Waals surface area (Å²) < 4.78 is 26.6. The lowest BCUT2D eigenvalue weighted by Crippen LogP contribution is -2.42. The van der Waals surface area contributed by atoms with E-state index in [0.717, 1.165) is 12.5 Å². The minimum atomic E-state index is -0.502. The van der Waals surface area contributed by atoms with Crippen molar-refractivity contribution < 1.29 is 8.78 Å². The summed E-state index contributed by atoms with van der Waals surface area (Å²) in [6, 6.07) is 4.20. The maximum absolute atomic E-state index is 13.3. The van der Waals surface area contributed by atoms with Crippen LogP contribution in [0.4, 0.5) is 8.78 Å². The summed E-state index contributed by atoms with van der Waals surface area (Å²) in [7, 11) is 0. The highest BCUT2D eigenvalue weighted by Gasteiger charge is 2.28. The fourth-order valence-electron chi connectivity index (χ4n) is 3.41. The Morgan fingerprint density at radius 1 is 1.00 bits per heavy atom. The van der Waals surface area contributed by atoms with Crippen LogP contribution in [0.5, 0.6) is 0 Å². The highest BCUT2D eigenvalue weighted by atomic mass is 19.1. The summed E-state index contributed by atoms with van der Waals surface area (Å²) in [6.07, 6.45) is 4.94. The molecule has 112 valence electrons. The molecule has 1 saturated carbocycles. The molecule has 1 nitrogen and oxygen atoms in total. The third-order valence-corrected chi connectivity index (χ3v) is 4.52. The summed E-state index contributed by atoms with van der Waals surface area (Å²) in [5, 5.41) is 3.59. The first-order chi connectivity index (χ1) is 9.47. The minimum Gasteiger partial charge on any atom is -0.307 e. The standard InChI is InChI=1S/C17H25F2N/c1-11(2)16-6-4-5-7-17(16)20-12(3)13-8-14(18)10-15(19)9-13/h8-12,16-17,20H,4-7H2,1-3H3. The fraction of sp³-hybridized carbons (Fsp3) is 0.647. The maximum atomic E-state index is 13.3. The molecule has 0 bridgehead atoms. The Hall–Kier alpha value is -0.960. The Morgan fingerprint density at radius 2 is 1.60 bits per heavy atom. The quantitative estimate of drug-likeness (QED) is 0.833. The van der Waals surface area contributed by atoms with E-state index in [1.165, 1.54) is 31.4 Å². The maximum Gasteiger partial charge on any atom is 0.126 e. The van der Waals surface area contributed by atoms with Gasteiger partial charge in [0, 0.05) is 18.2 Å². The van der Waals surface area contributed by atoms with Crippen LogP contribution in [0.3, 0.4) is 0 Å². The van der Waals surface area contributed by atoms with Gasteiger partial charge in [0.15, 0.2) is 0 Å². The molecule has 3 unspecified atom stereocenters. The molecular formula is C17H25F2N. The van der Waals surface area contributed by atoms with Gasteiger partial charge >= 0.3 is 0 Å². The molecule has 0 radical (unpaired) electrons. The molecule has 2 rings (SSSR count). The van der Waals surface area contributed by atoms with Gasteiger partial charge in [-0.25, -0.2) is 8.78 Å². The average molecular weight is 281 g/mol. The van der Waals surface area contributed by atoms with Gasteiger partial charge in [-0.2, -0.15) is 0 Å². The molecule has 0 spiro atoms. The van der Waals surface area contributed by atoms with E-state index < -0.39 is 11.6 Å². The van der Waals surface area contributed by atoms with E-state index in [4.69, 9.17) is 0 Å². The van der Waals surface area contributed by atoms with Crippen molar-refractivity contribution >= 4 is 0 Å². The molecule has 20 heavy (non-hydrogen) atoms. The van der Waals surface area contributed by atoms with E-state index in [0.29, 0.717) is 23.4 Å². The highest BCUT2D eigenvalue weighted by molar-refractivity contribution is 5.21. The van der Waals surface area contributed by atoms with Crippen LogP contribution in [0.2, 0.25) is 0 Å². The molecule has 1 fully saturated rings. The van der Waals surface area contributed by atoms with E-state index in [9.17, 15) is 8.78 Å². The Labute approximate surface area is 120 Å². The first kappa shape index (κ1) is 15.4. The van der Waals surface area contributed by atoms with Crippen molar-refractivity contribution in [2.75, 3.05) is 0 Å². The Kier molecular flexibility index (Phi) is 5.14. The van der Waals surface area contributed by atoms with E-state index in [2.05, 4.69) is 19.2 Å². The van der Waals surface area contributed by atoms with Gasteiger partial charge < -0.3 is 5.32 Å². The number of hydrogen-bond acceptors (Lipinski definition) is 1. The van der Waals surface area contributed by atoms with Crippen molar-refractivity contribution in [3.63, 3.8) is 0 Å². The second kappa shape index (κ2) is 6.66. The SMILES string of the molecule is CC(NC1CCCCC1C(C)C)c1cc(F)cc(F)c1. The van der Waals surface area contributed by atoms with Gasteiger partial charge in [-0.1, -0.05) is 26.7 Å². The summed E-state index contributed by atoms with van der Waals surface area (Å²) in [4.78, 5) is 0. The largest absolute Gasteiger partial charge is 0.307 e. The number of halogens is 2. The zero-order chi connectivity index (χ0) is 14.7. The van der Waals surface area contributed by atoms with Gasteiger partial charge in [0.05, 0.1) is 0 Å². The molecule has 3 atom stereocenters. The zero-order valence-corrected chi connectivity index (χ0v) is 12.6. The second-order valence-corrected chi connectivity index (χ2v) is 6.39. The molecular weight excluding hydrogens is 256 g/mol. The number of hydrogen-bond donors (Lipinski definition) is 1. The summed E-state index contributed by atoms with van der Waals surface area (Å²) in [6.45, 7) is 6.51. The molecule has 1 N–H and O–H groups in total. The van der Waals surface area contributed by atoms with Crippen LogP contribution in [-0.4, -0.2) is 6.04 Å². The summed E-state index contributed by atoms with van der Waals surface area (Å²) in [5.74, 6) is 0.296. The van der Waals surface area contributed by atoms with Crippen LogP contribution < -0.4 is 5.32 Å². The van der Waals surface area contributed by atoms with Crippen LogP contribution in [0.25, 0.3) is 0 Å². The molecule has 3 heteroatoms. The lowest BCUT2D eigenvalue weighted by atomic mass is 9.77. The van der Waals surface area contributed by atoms with Gasteiger partial charge in [-0.3, -0.25) is 0 Å². The highest BCUT2D eigenvalue weighted by Crippen LogP contribution is 2.31. The van der Waals surface area contributed by atoms with E-state index in [-0.39, 0.29) is 6.04 Å². The normalized spacial score (nSPS) is 24.9. The Balaban J connectivity index is 2.07. The van der Waals surface area contributed by atoms with Crippen LogP contribution >= 0.6 is 0 Å². The second-order valence-electron chi connectivity index (χ2n) is 6.39. The van der Waals surface area contributed by atoms with Crippen molar-refractivity contribution in [2.45, 2.75) is 58.5 Å². The fourth-order valence-corrected chi connectivity index (χ4v) is 3.41. The summed E-state index contributed by atoms with van der Waals surface area (Å²) in [5.41, 5.74) is 0.690. The number of benzene rings is 1. The predicted octanol–water partition coefficient (Wildman–Crippen LogP) is 4.83. The summed E-state index contributed by atoms with van der Waals surface area (Å²) >= 11 is 0. The zero-order valence-electron chi connectivity index (χ0n) is 12.6. The molecule has 0 saturated heterocycles. The average Bonchev–Trinajstić information content (AvgIpc) is 2.37. The monoisotopic (exact) mass is 281 g/mol. The first-order valence-electron chi connectivity index (χ1n) is 7.69. The van der Waals surface area contributed by atoms with Crippen LogP contribution in [-0.2, 0) is 0 Å². The predicted molar refractivity (Wildman–Crippen MR) is 78.5 cm³/mol. The van der Waals surface area contributed by atoms with Crippen molar-refractivity contribution in [1.82, 2.24) is 5.32 Å². The third-order valence-electron chi connectivity index (χ3n) is 4.52. The molecule has 1 aliphatic carbocycles. The molecule has 0 amide bonds. The molecule has 1 aromatic rings. The Morgan fingerprint density at radius 3 is 2.20 bits per heavy atom. The van der Waals surface area contributed by atoms with Crippen molar-refractivity contribution in [3.05, 3.63) is 35.4 Å². The van der Waals surface area contributed by atoms with E-state index in [1.54, 1.807) is 0 Å².